The van der Waals surface area contributed by atoms with Gasteiger partial charge in [0.05, 0.1) is 5.69 Å². The summed E-state index contributed by atoms with van der Waals surface area (Å²) in [7, 11) is 0. The van der Waals surface area contributed by atoms with Crippen LogP contribution in [0.1, 0.15) is 24.0 Å². The van der Waals surface area contributed by atoms with Crippen LogP contribution in [0.25, 0.3) is 0 Å². The number of hydrogen-bond donors (Lipinski definition) is 1. The Balaban J connectivity index is 2.49. The summed E-state index contributed by atoms with van der Waals surface area (Å²) in [5, 5.41) is 9.14. The largest absolute Gasteiger partial charge is 0.445 e. The van der Waals surface area contributed by atoms with Crippen molar-refractivity contribution in [3.8, 4) is 0 Å². The lowest BCUT2D eigenvalue weighted by molar-refractivity contribution is 0.153. The van der Waals surface area contributed by atoms with Crippen LogP contribution in [0.5, 0.6) is 0 Å². The van der Waals surface area contributed by atoms with E-state index in [0.29, 0.717) is 5.76 Å². The highest BCUT2D eigenvalue weighted by Crippen LogP contribution is 2.29. The third kappa shape index (κ3) is 0.580. The Morgan fingerprint density at radius 2 is 2.67 bits per heavy atom. The number of rotatable bonds is 0. The smallest absolute Gasteiger partial charge is 0.181 e. The predicted octanol–water partition coefficient (Wildman–Crippen LogP) is 0.654. The Morgan fingerprint density at radius 1 is 1.78 bits per heavy atom. The van der Waals surface area contributed by atoms with E-state index in [1.165, 1.54) is 6.39 Å². The van der Waals surface area contributed by atoms with E-state index in [0.717, 1.165) is 18.5 Å². The molecule has 2 rings (SSSR count). The molecule has 1 aliphatic rings. The predicted molar refractivity (Wildman–Crippen MR) is 29.8 cm³/mol. The maximum Gasteiger partial charge on any atom is 0.181 e. The lowest BCUT2D eigenvalue weighted by Gasteiger charge is -1.93. The molecule has 0 radical (unpaired) electrons. The first-order chi connectivity index (χ1) is 4.38. The molecule has 0 amide bonds. The Hall–Kier alpha value is -0.830. The highest BCUT2D eigenvalue weighted by atomic mass is 16.4. The van der Waals surface area contributed by atoms with Gasteiger partial charge in [0, 0.05) is 0 Å². The van der Waals surface area contributed by atoms with Gasteiger partial charge in [-0.05, 0) is 12.8 Å². The highest BCUT2D eigenvalue weighted by Gasteiger charge is 2.24. The Labute approximate surface area is 52.3 Å². The van der Waals surface area contributed by atoms with Gasteiger partial charge in [-0.25, -0.2) is 4.98 Å². The number of aromatic nitrogens is 1. The van der Waals surface area contributed by atoms with Crippen LogP contribution in [0.4, 0.5) is 0 Å². The van der Waals surface area contributed by atoms with E-state index in [1.807, 2.05) is 0 Å². The van der Waals surface area contributed by atoms with Gasteiger partial charge in [-0.1, -0.05) is 0 Å². The molecule has 0 aliphatic heterocycles. The van der Waals surface area contributed by atoms with Gasteiger partial charge in [0.1, 0.15) is 6.10 Å². The summed E-state index contributed by atoms with van der Waals surface area (Å²) in [5.41, 5.74) is 0.919. The standard InChI is InChI=1S/C6H7NO2/c8-5-2-1-4-6(5)9-3-7-4/h3,5,8H,1-2H2. The number of oxazole rings is 1. The van der Waals surface area contributed by atoms with Gasteiger partial charge in [-0.3, -0.25) is 0 Å². The zero-order chi connectivity index (χ0) is 6.27. The van der Waals surface area contributed by atoms with Crippen LogP contribution < -0.4 is 0 Å². The third-order valence-corrected chi connectivity index (χ3v) is 1.63. The monoisotopic (exact) mass is 125 g/mol. The summed E-state index contributed by atoms with van der Waals surface area (Å²) in [5.74, 6) is 0.662. The highest BCUT2D eigenvalue weighted by molar-refractivity contribution is 5.15. The van der Waals surface area contributed by atoms with E-state index >= 15 is 0 Å². The Kier molecular flexibility index (Phi) is 0.873. The van der Waals surface area contributed by atoms with Gasteiger partial charge >= 0.3 is 0 Å². The number of hydrogen-bond acceptors (Lipinski definition) is 3. The average Bonchev–Trinajstić information content (AvgIpc) is 2.35. The average molecular weight is 125 g/mol. The fourth-order valence-electron chi connectivity index (χ4n) is 1.14. The van der Waals surface area contributed by atoms with E-state index in [1.54, 1.807) is 0 Å². The van der Waals surface area contributed by atoms with Crippen LogP contribution in [0.2, 0.25) is 0 Å². The number of aliphatic hydroxyl groups excluding tert-OH is 1. The molecule has 3 nitrogen and oxygen atoms in total. The fraction of sp³-hybridized carbons (Fsp3) is 0.500. The second-order valence-corrected chi connectivity index (χ2v) is 2.22. The Bertz CT molecular complexity index is 219. The van der Waals surface area contributed by atoms with Crippen molar-refractivity contribution in [2.24, 2.45) is 0 Å². The summed E-state index contributed by atoms with van der Waals surface area (Å²) < 4.78 is 4.93. The van der Waals surface area contributed by atoms with Gasteiger partial charge in [0.15, 0.2) is 12.2 Å². The molecule has 1 aliphatic carbocycles. The minimum Gasteiger partial charge on any atom is -0.445 e. The summed E-state index contributed by atoms with van der Waals surface area (Å²) in [6, 6.07) is 0. The van der Waals surface area contributed by atoms with Crippen molar-refractivity contribution >= 4 is 0 Å². The minimum absolute atomic E-state index is 0.400. The fourth-order valence-corrected chi connectivity index (χ4v) is 1.14. The zero-order valence-corrected chi connectivity index (χ0v) is 4.87. The second-order valence-electron chi connectivity index (χ2n) is 2.22. The molecule has 3 heteroatoms. The van der Waals surface area contributed by atoms with E-state index in [4.69, 9.17) is 9.52 Å². The molecule has 1 N–H and O–H groups in total. The molecule has 1 heterocycles. The molecule has 48 valence electrons. The summed E-state index contributed by atoms with van der Waals surface area (Å²) >= 11 is 0. The number of nitrogens with zero attached hydrogens (tertiary/aromatic N) is 1. The molecule has 0 aromatic carbocycles. The van der Waals surface area contributed by atoms with E-state index in [2.05, 4.69) is 4.98 Å². The first kappa shape index (κ1) is 4.99. The molecular weight excluding hydrogens is 118 g/mol. The maximum absolute atomic E-state index is 9.14. The second kappa shape index (κ2) is 1.57. The number of aryl methyl sites for hydroxylation is 1. The summed E-state index contributed by atoms with van der Waals surface area (Å²) in [6.07, 6.45) is 2.60. The van der Waals surface area contributed by atoms with Crippen LogP contribution >= 0.6 is 0 Å². The normalized spacial score (nSPS) is 24.3. The maximum atomic E-state index is 9.14. The van der Waals surface area contributed by atoms with Gasteiger partial charge in [-0.15, -0.1) is 0 Å². The van der Waals surface area contributed by atoms with Crippen LogP contribution in [0.15, 0.2) is 10.8 Å². The van der Waals surface area contributed by atoms with Crippen LogP contribution in [-0.2, 0) is 6.42 Å². The molecule has 0 bridgehead atoms. The number of fused-ring (bicyclic) bond motifs is 1. The van der Waals surface area contributed by atoms with Crippen LogP contribution in [-0.4, -0.2) is 10.1 Å². The van der Waals surface area contributed by atoms with Crippen molar-refractivity contribution in [2.75, 3.05) is 0 Å². The van der Waals surface area contributed by atoms with Crippen molar-refractivity contribution in [1.82, 2.24) is 4.98 Å². The van der Waals surface area contributed by atoms with E-state index in [9.17, 15) is 0 Å². The van der Waals surface area contributed by atoms with Crippen molar-refractivity contribution < 1.29 is 9.52 Å². The molecule has 0 fully saturated rings. The molecule has 9 heavy (non-hydrogen) atoms. The SMILES string of the molecule is OC1CCc2ncoc21. The van der Waals surface area contributed by atoms with Gasteiger partial charge in [0.25, 0.3) is 0 Å². The zero-order valence-electron chi connectivity index (χ0n) is 4.87. The Morgan fingerprint density at radius 3 is 3.44 bits per heavy atom. The summed E-state index contributed by atoms with van der Waals surface area (Å²) in [4.78, 5) is 3.92. The van der Waals surface area contributed by atoms with Crippen molar-refractivity contribution in [1.29, 1.82) is 0 Å². The molecule has 0 saturated heterocycles. The molecule has 1 atom stereocenters. The van der Waals surface area contributed by atoms with Gasteiger partial charge in [0.2, 0.25) is 0 Å². The van der Waals surface area contributed by atoms with Gasteiger partial charge < -0.3 is 9.52 Å². The quantitative estimate of drug-likeness (QED) is 0.553. The summed E-state index contributed by atoms with van der Waals surface area (Å²) in [6.45, 7) is 0. The first-order valence-corrected chi connectivity index (χ1v) is 2.98. The molecule has 1 aromatic heterocycles. The van der Waals surface area contributed by atoms with Gasteiger partial charge in [-0.2, -0.15) is 0 Å². The van der Waals surface area contributed by atoms with E-state index in [-0.39, 0.29) is 0 Å². The van der Waals surface area contributed by atoms with Crippen LogP contribution in [0.3, 0.4) is 0 Å². The van der Waals surface area contributed by atoms with E-state index < -0.39 is 6.10 Å². The topological polar surface area (TPSA) is 46.3 Å². The number of aliphatic hydroxyl groups is 1. The van der Waals surface area contributed by atoms with Crippen molar-refractivity contribution in [3.63, 3.8) is 0 Å². The molecule has 1 aromatic rings. The van der Waals surface area contributed by atoms with Crippen molar-refractivity contribution in [3.05, 3.63) is 17.8 Å². The molecule has 0 saturated carbocycles. The molecule has 0 spiro atoms. The first-order valence-electron chi connectivity index (χ1n) is 2.98. The van der Waals surface area contributed by atoms with Crippen molar-refractivity contribution in [2.45, 2.75) is 18.9 Å². The molecule has 1 unspecified atom stereocenters. The lowest BCUT2D eigenvalue weighted by atomic mass is 10.3. The lowest BCUT2D eigenvalue weighted by Crippen LogP contribution is -1.86. The van der Waals surface area contributed by atoms with Crippen LogP contribution in [0, 0.1) is 0 Å². The minimum atomic E-state index is -0.400. The molecular formula is C6H7NO2. The third-order valence-electron chi connectivity index (χ3n) is 1.63.